The number of H-pyrrole nitrogens is 1. The quantitative estimate of drug-likeness (QED) is 0.0477. The highest BCUT2D eigenvalue weighted by Crippen LogP contribution is 2.34. The highest BCUT2D eigenvalue weighted by atomic mass is 32.2. The van der Waals surface area contributed by atoms with Crippen LogP contribution in [0.25, 0.3) is 10.9 Å². The number of amides is 14. The van der Waals surface area contributed by atoms with Gasteiger partial charge >= 0.3 is 0 Å². The monoisotopic (exact) mass is 1340 g/mol. The molecule has 3 aromatic rings. The van der Waals surface area contributed by atoms with E-state index in [1.165, 1.54) is 44.2 Å². The second-order valence-electron chi connectivity index (χ2n) is 24.3. The number of imide groups is 1. The van der Waals surface area contributed by atoms with E-state index >= 15 is 4.79 Å². The number of hydrogen-bond donors (Lipinski definition) is 14. The molecule has 95 heavy (non-hydrogen) atoms. The Balaban J connectivity index is 1.07. The van der Waals surface area contributed by atoms with Crippen molar-refractivity contribution in [2.24, 2.45) is 23.5 Å². The smallest absolute Gasteiger partial charge is 0.253 e. The van der Waals surface area contributed by atoms with Gasteiger partial charge in [0.25, 0.3) is 11.8 Å². The van der Waals surface area contributed by atoms with Gasteiger partial charge in [0.1, 0.15) is 53.8 Å². The lowest BCUT2D eigenvalue weighted by molar-refractivity contribution is -0.144. The van der Waals surface area contributed by atoms with E-state index in [0.717, 1.165) is 22.0 Å². The molecule has 1 aromatic heterocycles. The molecule has 15 N–H and O–H groups in total. The molecule has 7 unspecified atom stereocenters. The molecule has 2 saturated heterocycles. The number of rotatable bonds is 16. The summed E-state index contributed by atoms with van der Waals surface area (Å²) >= 11 is -2.44. The SMILES string of the molecule is CC[C@H](C)[C@@H]1NC(=O)CNC(=O)C2Cc3c([nH]c4cc(O)ccc34)[S@+]([O-])CC(NC(=O)CNC1=O)C(=O)NC(CC(N)=O)C(=O)N1CC(O)CC1C(=O)N[C@@H]([C@@H](C)[C@@H]1COC(c3ccc(NC(=O)[C@H](C)NC(=O)C(NC(=O)CCN4C(=O)C=CC4=O)C(C)C)cc3)O1)C(=O)N2. The highest BCUT2D eigenvalue weighted by Gasteiger charge is 2.47. The number of ether oxygens (including phenoxy) is 2. The number of aromatic hydroxyl groups is 1. The number of phenols is 1. The van der Waals surface area contributed by atoms with Crippen molar-refractivity contribution in [3.63, 3.8) is 0 Å². The molecule has 8 rings (SSSR count). The number of primary amides is 1. The number of phenolic OH excluding ortho intramolecular Hbond substituents is 1. The van der Waals surface area contributed by atoms with E-state index in [4.69, 9.17) is 15.2 Å². The largest absolute Gasteiger partial charge is 0.610 e. The van der Waals surface area contributed by atoms with Crippen LogP contribution in [0, 0.1) is 17.8 Å². The van der Waals surface area contributed by atoms with Crippen LogP contribution in [-0.4, -0.2) is 211 Å². The minimum Gasteiger partial charge on any atom is -0.610 e. The van der Waals surface area contributed by atoms with Crippen LogP contribution in [0.5, 0.6) is 5.75 Å². The molecule has 0 saturated carbocycles. The van der Waals surface area contributed by atoms with E-state index in [0.29, 0.717) is 12.0 Å². The summed E-state index contributed by atoms with van der Waals surface area (Å²) in [6.45, 7) is 7.10. The van der Waals surface area contributed by atoms with Crippen LogP contribution in [-0.2, 0) is 94.2 Å². The lowest BCUT2D eigenvalue weighted by Crippen LogP contribution is -2.62. The van der Waals surface area contributed by atoms with Crippen molar-refractivity contribution in [3.8, 4) is 5.75 Å². The molecule has 2 aromatic carbocycles. The number of aromatic nitrogens is 1. The van der Waals surface area contributed by atoms with Crippen LogP contribution in [0.15, 0.2) is 59.6 Å². The number of aromatic amines is 1. The third-order valence-electron chi connectivity index (χ3n) is 17.0. The fourth-order valence-corrected chi connectivity index (χ4v) is 12.8. The van der Waals surface area contributed by atoms with Gasteiger partial charge in [-0.3, -0.25) is 72.0 Å². The molecule has 0 spiro atoms. The second kappa shape index (κ2) is 31.2. The molecular weight excluding hydrogens is 1260 g/mol. The Bertz CT molecular complexity index is 3530. The zero-order valence-corrected chi connectivity index (χ0v) is 53.6. The number of benzene rings is 2. The molecule has 0 radical (unpaired) electrons. The van der Waals surface area contributed by atoms with Crippen molar-refractivity contribution >= 4 is 110 Å². The van der Waals surface area contributed by atoms with Crippen molar-refractivity contribution in [2.45, 2.75) is 146 Å². The molecule has 34 heteroatoms. The predicted octanol–water partition coefficient (Wildman–Crippen LogP) is -4.26. The summed E-state index contributed by atoms with van der Waals surface area (Å²) < 4.78 is 27.4. The van der Waals surface area contributed by atoms with E-state index in [9.17, 15) is 77.1 Å². The number of fused-ring (bicyclic) bond motifs is 5. The molecule has 2 fully saturated rings. The molecule has 33 nitrogen and oxygen atoms in total. The molecule has 5 aliphatic rings. The van der Waals surface area contributed by atoms with Crippen molar-refractivity contribution < 1.29 is 91.4 Å². The molecule has 14 atom stereocenters. The third kappa shape index (κ3) is 17.6. The van der Waals surface area contributed by atoms with Gasteiger partial charge in [-0.1, -0.05) is 53.2 Å². The van der Waals surface area contributed by atoms with Crippen molar-refractivity contribution in [2.75, 3.05) is 43.9 Å². The van der Waals surface area contributed by atoms with Gasteiger partial charge in [-0.15, -0.1) is 0 Å². The van der Waals surface area contributed by atoms with Crippen LogP contribution in [0.4, 0.5) is 5.69 Å². The zero-order chi connectivity index (χ0) is 69.3. The Morgan fingerprint density at radius 3 is 2.12 bits per heavy atom. The van der Waals surface area contributed by atoms with Gasteiger partial charge in [0, 0.05) is 89.9 Å². The topological polar surface area (TPSA) is 490 Å². The van der Waals surface area contributed by atoms with Gasteiger partial charge in [0.2, 0.25) is 75.9 Å². The predicted molar refractivity (Wildman–Crippen MR) is 333 cm³/mol. The molecule has 0 aliphatic carbocycles. The van der Waals surface area contributed by atoms with E-state index in [1.807, 2.05) is 0 Å². The van der Waals surface area contributed by atoms with Crippen molar-refractivity contribution in [1.29, 1.82) is 0 Å². The minimum atomic E-state index is -2.44. The number of aliphatic hydroxyl groups is 1. The number of nitrogens with two attached hydrogens (primary N) is 1. The van der Waals surface area contributed by atoms with Gasteiger partial charge in [-0.25, -0.2) is 0 Å². The number of anilines is 1. The van der Waals surface area contributed by atoms with E-state index in [-0.39, 0.29) is 52.5 Å². The standard InChI is InChI=1S/C61H78N14O19S/c1-7-28(4)50-56(88)64-22-45(80)67-40-26-95(92)59-36(35-13-12-33(76)18-37(35)70-59)20-38(53(85)63-23-46(81)72-50)68-58(90)51(73-55(87)41-19-34(77)24-75(41)60(91)39(21-43(62)78)69-54(40)86)29(5)42-25-93-61(94-42)31-8-10-32(11-9-31)66-52(84)30(6)65-57(89)49(27(2)3)71-44(79)16-17-74-47(82)14-15-48(74)83/h8-15,18,27-30,34,38-42,49-51,61,70,76-77H,7,16-17,19-26H2,1-6H3,(H2,62,78)(H,63,85)(H,64,88)(H,65,89)(H,66,84)(H,67,80)(H,68,90)(H,69,86)(H,71,79)(H,72,81)(H,73,87)/t28-,29-,30-,34?,38?,39?,40?,41?,42-,49?,50-,51-,61?,95+/m0/s1. The number of hydrogen-bond acceptors (Lipinski definition) is 19. The van der Waals surface area contributed by atoms with Crippen LogP contribution >= 0.6 is 0 Å². The van der Waals surface area contributed by atoms with Crippen LogP contribution in [0.1, 0.15) is 84.6 Å². The Morgan fingerprint density at radius 1 is 0.779 bits per heavy atom. The summed E-state index contributed by atoms with van der Waals surface area (Å²) in [6, 6.07) is -2.24. The number of nitrogens with zero attached hydrogens (tertiary/aromatic N) is 2. The Labute approximate surface area is 546 Å². The maximum absolute atomic E-state index is 15.3. The summed E-state index contributed by atoms with van der Waals surface area (Å²) in [5.41, 5.74) is 6.49. The maximum atomic E-state index is 15.3. The number of aliphatic hydroxyl groups excluding tert-OH is 1. The number of carbonyl (C=O) groups excluding carboxylic acids is 14. The summed E-state index contributed by atoms with van der Waals surface area (Å²) in [4.78, 5) is 196. The first-order chi connectivity index (χ1) is 45.0. The summed E-state index contributed by atoms with van der Waals surface area (Å²) in [5.74, 6) is -15.5. The van der Waals surface area contributed by atoms with Gasteiger partial charge in [0.05, 0.1) is 43.8 Å². The molecule has 14 amide bonds. The average Bonchev–Trinajstić information content (AvgIpc) is 1.66. The maximum Gasteiger partial charge on any atom is 0.253 e. The summed E-state index contributed by atoms with van der Waals surface area (Å²) in [7, 11) is 0. The average molecular weight is 1340 g/mol. The van der Waals surface area contributed by atoms with Gasteiger partial charge in [-0.05, 0) is 43.0 Å². The van der Waals surface area contributed by atoms with E-state index < -0.39 is 223 Å². The van der Waals surface area contributed by atoms with Gasteiger partial charge in [0.15, 0.2) is 12.3 Å². The minimum absolute atomic E-state index is 0.0655. The summed E-state index contributed by atoms with van der Waals surface area (Å²) in [6.07, 6.45) is -3.25. The molecular formula is C61H78N14O19S. The first-order valence-corrected chi connectivity index (χ1v) is 32.2. The first kappa shape index (κ1) is 71.3. The van der Waals surface area contributed by atoms with Crippen LogP contribution < -0.4 is 58.9 Å². The second-order valence-corrected chi connectivity index (χ2v) is 25.7. The first-order valence-electron chi connectivity index (χ1n) is 30.9. The number of nitrogens with one attached hydrogen (secondary N) is 11. The molecule has 512 valence electrons. The number of carbonyl (C=O) groups is 14. The third-order valence-corrected chi connectivity index (χ3v) is 18.4. The highest BCUT2D eigenvalue weighted by molar-refractivity contribution is 7.91. The van der Waals surface area contributed by atoms with Gasteiger partial charge in [-0.2, -0.15) is 0 Å². The lowest BCUT2D eigenvalue weighted by Gasteiger charge is -2.33. The van der Waals surface area contributed by atoms with E-state index in [2.05, 4.69) is 58.2 Å². The molecule has 6 heterocycles. The molecule has 5 aliphatic heterocycles. The summed E-state index contributed by atoms with van der Waals surface area (Å²) in [5, 5.41) is 47.2. The Kier molecular flexibility index (Phi) is 23.4. The Hall–Kier alpha value is -9.51. The normalized spacial score (nSPS) is 26.4. The fourth-order valence-electron chi connectivity index (χ4n) is 11.4. The van der Waals surface area contributed by atoms with Crippen LogP contribution in [0.3, 0.4) is 0 Å². The fraction of sp³-hybridized carbons (Fsp3) is 0.508. The lowest BCUT2D eigenvalue weighted by atomic mass is 9.93. The zero-order valence-electron chi connectivity index (χ0n) is 52.8. The molecule has 2 bridgehead atoms. The van der Waals surface area contributed by atoms with E-state index in [1.54, 1.807) is 39.8 Å². The van der Waals surface area contributed by atoms with Crippen molar-refractivity contribution in [1.82, 2.24) is 62.6 Å². The Morgan fingerprint density at radius 2 is 1.45 bits per heavy atom. The van der Waals surface area contributed by atoms with Crippen molar-refractivity contribution in [3.05, 3.63) is 65.7 Å². The van der Waals surface area contributed by atoms with Crippen LogP contribution in [0.2, 0.25) is 0 Å². The van der Waals surface area contributed by atoms with Gasteiger partial charge < -0.3 is 93.0 Å².